The highest BCUT2D eigenvalue weighted by molar-refractivity contribution is 6.30. The lowest BCUT2D eigenvalue weighted by Gasteiger charge is -2.36. The Labute approximate surface area is 153 Å². The van der Waals surface area contributed by atoms with Crippen molar-refractivity contribution in [3.8, 4) is 0 Å². The van der Waals surface area contributed by atoms with Gasteiger partial charge in [-0.1, -0.05) is 23.7 Å². The first kappa shape index (κ1) is 19.7. The number of halogens is 3. The van der Waals surface area contributed by atoms with Gasteiger partial charge in [0.15, 0.2) is 0 Å². The molecule has 1 atom stereocenters. The smallest absolute Gasteiger partial charge is 0.254 e. The quantitative estimate of drug-likeness (QED) is 0.876. The van der Waals surface area contributed by atoms with Crippen LogP contribution in [0.3, 0.4) is 0 Å². The maximum absolute atomic E-state index is 12.7. The minimum absolute atomic E-state index is 0. The number of hydrogen-bond acceptors (Lipinski definition) is 3. The van der Waals surface area contributed by atoms with Gasteiger partial charge in [0.1, 0.15) is 0 Å². The molecule has 1 aromatic heterocycles. The van der Waals surface area contributed by atoms with Crippen LogP contribution in [0.5, 0.6) is 0 Å². The van der Waals surface area contributed by atoms with Crippen molar-refractivity contribution in [3.05, 3.63) is 64.9 Å². The summed E-state index contributed by atoms with van der Waals surface area (Å²) >= 11 is 6.08. The van der Waals surface area contributed by atoms with Crippen molar-refractivity contribution < 1.29 is 4.79 Å². The van der Waals surface area contributed by atoms with Gasteiger partial charge in [-0.2, -0.15) is 0 Å². The molecule has 1 amide bonds. The van der Waals surface area contributed by atoms with E-state index in [1.54, 1.807) is 24.5 Å². The van der Waals surface area contributed by atoms with Crippen molar-refractivity contribution in [1.29, 1.82) is 0 Å². The molecule has 1 saturated heterocycles. The third-order valence-corrected chi connectivity index (χ3v) is 3.90. The van der Waals surface area contributed by atoms with Gasteiger partial charge in [0.2, 0.25) is 0 Å². The van der Waals surface area contributed by atoms with Crippen LogP contribution in [0.2, 0.25) is 5.02 Å². The van der Waals surface area contributed by atoms with E-state index in [1.807, 2.05) is 29.2 Å². The van der Waals surface area contributed by atoms with Crippen LogP contribution in [0.4, 0.5) is 0 Å². The zero-order valence-electron chi connectivity index (χ0n) is 12.3. The maximum Gasteiger partial charge on any atom is 0.254 e. The van der Waals surface area contributed by atoms with E-state index in [4.69, 9.17) is 11.6 Å². The summed E-state index contributed by atoms with van der Waals surface area (Å²) in [6.07, 6.45) is 3.29. The third kappa shape index (κ3) is 4.58. The van der Waals surface area contributed by atoms with Gasteiger partial charge < -0.3 is 10.2 Å². The van der Waals surface area contributed by atoms with Crippen LogP contribution in [0, 0.1) is 0 Å². The Morgan fingerprint density at radius 1 is 1.22 bits per heavy atom. The van der Waals surface area contributed by atoms with Gasteiger partial charge in [0.05, 0.1) is 6.04 Å². The minimum atomic E-state index is -0.00175. The van der Waals surface area contributed by atoms with Crippen LogP contribution in [0.1, 0.15) is 22.0 Å². The summed E-state index contributed by atoms with van der Waals surface area (Å²) in [5, 5.41) is 4.03. The molecule has 1 aromatic carbocycles. The molecular weight excluding hydrogens is 357 g/mol. The number of carbonyl (C=O) groups excluding carboxylic acids is 1. The van der Waals surface area contributed by atoms with Gasteiger partial charge in [0, 0.05) is 42.6 Å². The zero-order valence-corrected chi connectivity index (χ0v) is 14.7. The monoisotopic (exact) mass is 373 g/mol. The lowest BCUT2D eigenvalue weighted by Crippen LogP contribution is -2.48. The number of benzene rings is 1. The van der Waals surface area contributed by atoms with Crippen molar-refractivity contribution >= 4 is 42.3 Å². The van der Waals surface area contributed by atoms with Crippen LogP contribution in [0.25, 0.3) is 0 Å². The van der Waals surface area contributed by atoms with Crippen LogP contribution in [0.15, 0.2) is 48.8 Å². The normalized spacial score (nSPS) is 16.9. The lowest BCUT2D eigenvalue weighted by atomic mass is 10.0. The summed E-state index contributed by atoms with van der Waals surface area (Å²) in [6, 6.07) is 11.2. The largest absolute Gasteiger partial charge is 0.329 e. The molecule has 1 fully saturated rings. The molecule has 3 rings (SSSR count). The van der Waals surface area contributed by atoms with Gasteiger partial charge in [-0.05, 0) is 29.8 Å². The SMILES string of the molecule is Cl.Cl.O=C(c1ccncc1)N1CCNCC1c1cccc(Cl)c1. The van der Waals surface area contributed by atoms with Crippen molar-refractivity contribution in [2.24, 2.45) is 0 Å². The number of amides is 1. The second-order valence-corrected chi connectivity index (χ2v) is 5.45. The highest BCUT2D eigenvalue weighted by Gasteiger charge is 2.28. The van der Waals surface area contributed by atoms with E-state index in [0.29, 0.717) is 17.1 Å². The highest BCUT2D eigenvalue weighted by atomic mass is 35.5. The molecule has 23 heavy (non-hydrogen) atoms. The van der Waals surface area contributed by atoms with Crippen molar-refractivity contribution in [2.45, 2.75) is 6.04 Å². The lowest BCUT2D eigenvalue weighted by molar-refractivity contribution is 0.0634. The summed E-state index contributed by atoms with van der Waals surface area (Å²) in [5.74, 6) is 0.0314. The molecule has 1 aliphatic heterocycles. The van der Waals surface area contributed by atoms with E-state index in [1.165, 1.54) is 0 Å². The molecule has 2 heterocycles. The van der Waals surface area contributed by atoms with E-state index in [0.717, 1.165) is 18.7 Å². The second kappa shape index (κ2) is 9.08. The van der Waals surface area contributed by atoms with Gasteiger partial charge in [-0.15, -0.1) is 24.8 Å². The number of hydrogen-bond donors (Lipinski definition) is 1. The third-order valence-electron chi connectivity index (χ3n) is 3.66. The molecule has 1 N–H and O–H groups in total. The van der Waals surface area contributed by atoms with E-state index in [2.05, 4.69) is 10.3 Å². The Balaban J connectivity index is 0.00000132. The topological polar surface area (TPSA) is 45.2 Å². The molecule has 4 nitrogen and oxygen atoms in total. The average Bonchev–Trinajstić information content (AvgIpc) is 2.55. The fourth-order valence-corrected chi connectivity index (χ4v) is 2.82. The molecule has 0 spiro atoms. The number of piperazine rings is 1. The Bertz CT molecular complexity index is 639. The Morgan fingerprint density at radius 3 is 2.65 bits per heavy atom. The zero-order chi connectivity index (χ0) is 14.7. The number of nitrogens with zero attached hydrogens (tertiary/aromatic N) is 2. The molecule has 1 unspecified atom stereocenters. The van der Waals surface area contributed by atoms with E-state index >= 15 is 0 Å². The predicted octanol–water partition coefficient (Wildman–Crippen LogP) is 3.37. The number of aromatic nitrogens is 1. The molecule has 0 saturated carbocycles. The number of rotatable bonds is 2. The Kier molecular flexibility index (Phi) is 7.79. The summed E-state index contributed by atoms with van der Waals surface area (Å²) in [7, 11) is 0. The van der Waals surface area contributed by atoms with Gasteiger partial charge in [-0.3, -0.25) is 9.78 Å². The fourth-order valence-electron chi connectivity index (χ4n) is 2.62. The summed E-state index contributed by atoms with van der Waals surface area (Å²) in [6.45, 7) is 2.21. The Morgan fingerprint density at radius 2 is 1.96 bits per heavy atom. The van der Waals surface area contributed by atoms with Crippen molar-refractivity contribution in [2.75, 3.05) is 19.6 Å². The van der Waals surface area contributed by atoms with Crippen LogP contribution in [-0.4, -0.2) is 35.4 Å². The fraction of sp³-hybridized carbons (Fsp3) is 0.250. The summed E-state index contributed by atoms with van der Waals surface area (Å²) < 4.78 is 0. The summed E-state index contributed by atoms with van der Waals surface area (Å²) in [4.78, 5) is 18.6. The number of pyridine rings is 1. The van der Waals surface area contributed by atoms with Crippen LogP contribution >= 0.6 is 36.4 Å². The first-order valence-electron chi connectivity index (χ1n) is 6.93. The minimum Gasteiger partial charge on any atom is -0.329 e. The molecule has 0 radical (unpaired) electrons. The van der Waals surface area contributed by atoms with Crippen molar-refractivity contribution in [3.63, 3.8) is 0 Å². The molecule has 0 bridgehead atoms. The van der Waals surface area contributed by atoms with Crippen LogP contribution in [-0.2, 0) is 0 Å². The van der Waals surface area contributed by atoms with Crippen molar-refractivity contribution in [1.82, 2.24) is 15.2 Å². The maximum atomic E-state index is 12.7. The second-order valence-electron chi connectivity index (χ2n) is 5.01. The number of carbonyl (C=O) groups is 1. The first-order chi connectivity index (χ1) is 10.3. The van der Waals surface area contributed by atoms with Gasteiger partial charge in [0.25, 0.3) is 5.91 Å². The molecule has 0 aliphatic carbocycles. The van der Waals surface area contributed by atoms with E-state index in [9.17, 15) is 4.79 Å². The van der Waals surface area contributed by atoms with Gasteiger partial charge in [-0.25, -0.2) is 0 Å². The van der Waals surface area contributed by atoms with Crippen LogP contribution < -0.4 is 5.32 Å². The first-order valence-corrected chi connectivity index (χ1v) is 7.30. The standard InChI is InChI=1S/C16H16ClN3O.2ClH/c17-14-3-1-2-13(10-14)15-11-19-8-9-20(15)16(21)12-4-6-18-7-5-12;;/h1-7,10,15,19H,8-9,11H2;2*1H. The average molecular weight is 375 g/mol. The number of nitrogens with one attached hydrogen (secondary N) is 1. The molecule has 2 aromatic rings. The molecule has 1 aliphatic rings. The molecular formula is C16H18Cl3N3O. The Hall–Kier alpha value is -1.33. The molecule has 7 heteroatoms. The van der Waals surface area contributed by atoms with E-state index < -0.39 is 0 Å². The predicted molar refractivity (Wildman–Crippen MR) is 96.8 cm³/mol. The molecule has 124 valence electrons. The highest BCUT2D eigenvalue weighted by Crippen LogP contribution is 2.26. The van der Waals surface area contributed by atoms with E-state index in [-0.39, 0.29) is 36.8 Å². The van der Waals surface area contributed by atoms with Gasteiger partial charge >= 0.3 is 0 Å². The summed E-state index contributed by atoms with van der Waals surface area (Å²) in [5.41, 5.74) is 1.72.